The van der Waals surface area contributed by atoms with E-state index in [2.05, 4.69) is 15.9 Å². The van der Waals surface area contributed by atoms with Gasteiger partial charge in [0.05, 0.1) is 27.4 Å². The van der Waals surface area contributed by atoms with Crippen molar-refractivity contribution in [3.05, 3.63) is 101 Å². The summed E-state index contributed by atoms with van der Waals surface area (Å²) < 4.78 is -0.814. The number of rotatable bonds is 2. The molecule has 3 aromatic rings. The number of amides is 2. The first-order valence-electron chi connectivity index (χ1n) is 10.0. The molecule has 1 N–H and O–H groups in total. The number of halogens is 1. The molecule has 31 heavy (non-hydrogen) atoms. The Morgan fingerprint density at radius 1 is 0.871 bits per heavy atom. The van der Waals surface area contributed by atoms with E-state index in [1.807, 2.05) is 48.5 Å². The predicted molar refractivity (Wildman–Crippen MR) is 117 cm³/mol. The smallest absolute Gasteiger partial charge is 0.335 e. The third-order valence-electron chi connectivity index (χ3n) is 6.87. The molecule has 2 amide bonds. The van der Waals surface area contributed by atoms with Gasteiger partial charge in [0.2, 0.25) is 11.8 Å². The van der Waals surface area contributed by atoms with E-state index in [1.54, 1.807) is 12.1 Å². The van der Waals surface area contributed by atoms with Crippen LogP contribution in [0.1, 0.15) is 38.5 Å². The van der Waals surface area contributed by atoms with Gasteiger partial charge in [-0.15, -0.1) is 0 Å². The Morgan fingerprint density at radius 2 is 1.48 bits per heavy atom. The molecule has 3 aromatic carbocycles. The Kier molecular flexibility index (Phi) is 3.67. The molecule has 0 saturated carbocycles. The Labute approximate surface area is 186 Å². The number of carboxylic acids is 1. The van der Waals surface area contributed by atoms with Crippen molar-refractivity contribution < 1.29 is 19.5 Å². The van der Waals surface area contributed by atoms with Crippen molar-refractivity contribution in [3.8, 4) is 0 Å². The van der Waals surface area contributed by atoms with Crippen LogP contribution in [0.2, 0.25) is 0 Å². The number of carbonyl (C=O) groups is 3. The molecule has 0 aromatic heterocycles. The molecule has 1 heterocycles. The Hall–Kier alpha value is -3.25. The van der Waals surface area contributed by atoms with Crippen molar-refractivity contribution in [2.24, 2.45) is 11.8 Å². The van der Waals surface area contributed by atoms with Crippen molar-refractivity contribution in [1.29, 1.82) is 0 Å². The highest BCUT2D eigenvalue weighted by atomic mass is 79.9. The third-order valence-corrected chi connectivity index (χ3v) is 8.21. The van der Waals surface area contributed by atoms with Gasteiger partial charge in [0.25, 0.3) is 0 Å². The molecule has 4 aliphatic rings. The van der Waals surface area contributed by atoms with Crippen LogP contribution >= 0.6 is 15.9 Å². The average molecular weight is 474 g/mol. The van der Waals surface area contributed by atoms with Crippen LogP contribution in [0.15, 0.2) is 72.8 Å². The van der Waals surface area contributed by atoms with Gasteiger partial charge in [-0.25, -0.2) is 9.69 Å². The van der Waals surface area contributed by atoms with Crippen LogP contribution < -0.4 is 4.90 Å². The fraction of sp³-hybridized carbons (Fsp3) is 0.160. The number of nitrogens with zero attached hydrogens (tertiary/aromatic N) is 1. The van der Waals surface area contributed by atoms with Gasteiger partial charge in [-0.3, -0.25) is 9.59 Å². The van der Waals surface area contributed by atoms with Crippen LogP contribution in [0.4, 0.5) is 5.69 Å². The number of carboxylic acid groups (broad SMARTS) is 1. The molecule has 5 nitrogen and oxygen atoms in total. The molecule has 1 aliphatic heterocycles. The van der Waals surface area contributed by atoms with E-state index in [0.717, 1.165) is 22.3 Å². The first-order chi connectivity index (χ1) is 14.9. The zero-order chi connectivity index (χ0) is 21.5. The van der Waals surface area contributed by atoms with E-state index in [-0.39, 0.29) is 23.3 Å². The average Bonchev–Trinajstić information content (AvgIpc) is 3.06. The normalized spacial score (nSPS) is 27.6. The first-order valence-corrected chi connectivity index (χ1v) is 10.8. The van der Waals surface area contributed by atoms with Crippen molar-refractivity contribution in [1.82, 2.24) is 0 Å². The molecule has 2 bridgehead atoms. The molecule has 7 rings (SSSR count). The maximum Gasteiger partial charge on any atom is 0.335 e. The monoisotopic (exact) mass is 473 g/mol. The summed E-state index contributed by atoms with van der Waals surface area (Å²) in [5.74, 6) is -3.07. The molecule has 0 unspecified atom stereocenters. The van der Waals surface area contributed by atoms with Gasteiger partial charge < -0.3 is 5.11 Å². The minimum absolute atomic E-state index is 0.0380. The number of hydrogen-bond acceptors (Lipinski definition) is 3. The molecule has 1 fully saturated rings. The number of hydrogen-bond donors (Lipinski definition) is 1. The Morgan fingerprint density at radius 3 is 2.10 bits per heavy atom. The van der Waals surface area contributed by atoms with Crippen molar-refractivity contribution in [3.63, 3.8) is 0 Å². The van der Waals surface area contributed by atoms with Crippen molar-refractivity contribution in [2.45, 2.75) is 10.2 Å². The summed E-state index contributed by atoms with van der Waals surface area (Å²) in [7, 11) is 0. The zero-order valence-electron chi connectivity index (χ0n) is 16.2. The van der Waals surface area contributed by atoms with Gasteiger partial charge in [-0.2, -0.15) is 0 Å². The topological polar surface area (TPSA) is 74.7 Å². The van der Waals surface area contributed by atoms with Crippen LogP contribution in [0.25, 0.3) is 0 Å². The molecular weight excluding hydrogens is 458 g/mol. The van der Waals surface area contributed by atoms with Gasteiger partial charge in [0.15, 0.2) is 0 Å². The number of alkyl halides is 1. The molecule has 0 spiro atoms. The lowest BCUT2D eigenvalue weighted by atomic mass is 9.55. The van der Waals surface area contributed by atoms with Gasteiger partial charge in [-0.05, 0) is 40.5 Å². The van der Waals surface area contributed by atoms with E-state index in [4.69, 9.17) is 0 Å². The van der Waals surface area contributed by atoms with Gasteiger partial charge in [-0.1, -0.05) is 70.5 Å². The summed E-state index contributed by atoms with van der Waals surface area (Å²) >= 11 is 3.95. The lowest BCUT2D eigenvalue weighted by Crippen LogP contribution is -2.50. The van der Waals surface area contributed by atoms with Crippen LogP contribution in [0, 0.1) is 11.8 Å². The second-order valence-electron chi connectivity index (χ2n) is 8.23. The number of aromatic carboxylic acids is 1. The lowest BCUT2D eigenvalue weighted by Gasteiger charge is -2.51. The lowest BCUT2D eigenvalue weighted by molar-refractivity contribution is -0.122. The van der Waals surface area contributed by atoms with Gasteiger partial charge in [0, 0.05) is 5.92 Å². The Balaban J connectivity index is 1.58. The molecule has 6 heteroatoms. The van der Waals surface area contributed by atoms with E-state index >= 15 is 0 Å². The molecule has 1 saturated heterocycles. The quantitative estimate of drug-likeness (QED) is 0.445. The summed E-state index contributed by atoms with van der Waals surface area (Å²) in [6, 6.07) is 22.0. The molecule has 152 valence electrons. The minimum Gasteiger partial charge on any atom is -0.478 e. The highest BCUT2D eigenvalue weighted by Gasteiger charge is 2.67. The van der Waals surface area contributed by atoms with E-state index in [1.165, 1.54) is 17.0 Å². The van der Waals surface area contributed by atoms with Crippen molar-refractivity contribution >= 4 is 39.4 Å². The molecular formula is C25H16BrNO4. The summed E-state index contributed by atoms with van der Waals surface area (Å²) in [5, 5.41) is 9.37. The standard InChI is InChI=1S/C25H16BrNO4/c26-25-17-10-3-1-8-15(17)19(16-9-2-4-11-18(16)25)20-21(25)23(29)27(22(20)28)14-7-5-6-13(12-14)24(30)31/h1-12,19-21H,(H,30,31)/t19?,20-,21+,25?/m1/s1. The maximum absolute atomic E-state index is 13.8. The third kappa shape index (κ3) is 2.18. The molecule has 2 atom stereocenters. The van der Waals surface area contributed by atoms with Crippen molar-refractivity contribution in [2.75, 3.05) is 4.90 Å². The summed E-state index contributed by atoms with van der Waals surface area (Å²) in [6.07, 6.45) is 0. The Bertz CT molecular complexity index is 1270. The van der Waals surface area contributed by atoms with Crippen LogP contribution in [-0.2, 0) is 13.9 Å². The second kappa shape index (κ2) is 6.14. The van der Waals surface area contributed by atoms with E-state index in [0.29, 0.717) is 5.69 Å². The number of carbonyl (C=O) groups excluding carboxylic acids is 2. The number of benzene rings is 3. The minimum atomic E-state index is -1.10. The van der Waals surface area contributed by atoms with Crippen LogP contribution in [-0.4, -0.2) is 22.9 Å². The van der Waals surface area contributed by atoms with E-state index in [9.17, 15) is 19.5 Å². The zero-order valence-corrected chi connectivity index (χ0v) is 17.7. The summed E-state index contributed by atoms with van der Waals surface area (Å²) in [6.45, 7) is 0. The second-order valence-corrected chi connectivity index (χ2v) is 9.49. The van der Waals surface area contributed by atoms with Crippen LogP contribution in [0.5, 0.6) is 0 Å². The number of imide groups is 1. The molecule has 3 aliphatic carbocycles. The fourth-order valence-electron chi connectivity index (χ4n) is 5.71. The SMILES string of the molecule is O=C(O)c1cccc(N2C(=O)[C@@H]3C4c5ccccc5C(Br)(c5ccccc54)[C@@H]3C2=O)c1. The highest BCUT2D eigenvalue weighted by Crippen LogP contribution is 2.66. The molecule has 0 radical (unpaired) electrons. The predicted octanol–water partition coefficient (Wildman–Crippen LogP) is 4.29. The van der Waals surface area contributed by atoms with Gasteiger partial charge in [0.1, 0.15) is 0 Å². The summed E-state index contributed by atoms with van der Waals surface area (Å²) in [4.78, 5) is 40.1. The maximum atomic E-state index is 13.8. The largest absolute Gasteiger partial charge is 0.478 e. The fourth-order valence-corrected chi connectivity index (χ4v) is 6.91. The van der Waals surface area contributed by atoms with Gasteiger partial charge >= 0.3 is 5.97 Å². The number of anilines is 1. The van der Waals surface area contributed by atoms with E-state index < -0.39 is 22.1 Å². The highest BCUT2D eigenvalue weighted by molar-refractivity contribution is 9.09. The summed E-state index contributed by atoms with van der Waals surface area (Å²) in [5.41, 5.74) is 4.48. The van der Waals surface area contributed by atoms with Crippen LogP contribution in [0.3, 0.4) is 0 Å². The first kappa shape index (κ1) is 18.5.